The van der Waals surface area contributed by atoms with Crippen LogP contribution >= 0.6 is 0 Å². The van der Waals surface area contributed by atoms with E-state index in [1.807, 2.05) is 28.1 Å². The zero-order chi connectivity index (χ0) is 9.07. The topological polar surface area (TPSA) is 40.1 Å². The highest BCUT2D eigenvalue weighted by atomic mass is 16.4. The van der Waals surface area contributed by atoms with E-state index < -0.39 is 5.97 Å². The lowest BCUT2D eigenvalue weighted by Gasteiger charge is -2.33. The van der Waals surface area contributed by atoms with Crippen molar-refractivity contribution in [3.05, 3.63) is 0 Å². The Balaban J connectivity index is 4.07. The van der Waals surface area contributed by atoms with Gasteiger partial charge in [0.05, 0.1) is 27.2 Å². The summed E-state index contributed by atoms with van der Waals surface area (Å²) in [6, 6.07) is 0.167. The highest BCUT2D eigenvalue weighted by Crippen LogP contribution is 2.10. The van der Waals surface area contributed by atoms with Gasteiger partial charge in [0, 0.05) is 12.4 Å². The maximum absolute atomic E-state index is 10.3. The van der Waals surface area contributed by atoms with Crippen molar-refractivity contribution in [3.63, 3.8) is 0 Å². The van der Waals surface area contributed by atoms with Crippen LogP contribution in [0.1, 0.15) is 19.8 Å². The highest BCUT2D eigenvalue weighted by Gasteiger charge is 2.21. The van der Waals surface area contributed by atoms with Gasteiger partial charge >= 0.3 is 0 Å². The molecule has 0 saturated carbocycles. The summed E-state index contributed by atoms with van der Waals surface area (Å²) in [5.41, 5.74) is 0. The maximum Gasteiger partial charge on any atom is 0.0934 e. The van der Waals surface area contributed by atoms with E-state index in [1.165, 1.54) is 0 Å². The molecule has 0 saturated heterocycles. The quantitative estimate of drug-likeness (QED) is 0.524. The predicted octanol–water partition coefficient (Wildman–Crippen LogP) is -0.389. The van der Waals surface area contributed by atoms with Crippen LogP contribution in [-0.2, 0) is 4.79 Å². The third kappa shape index (κ3) is 3.98. The van der Waals surface area contributed by atoms with Crippen LogP contribution in [0.3, 0.4) is 0 Å². The van der Waals surface area contributed by atoms with Gasteiger partial charge in [0.15, 0.2) is 0 Å². The summed E-state index contributed by atoms with van der Waals surface area (Å²) >= 11 is 0. The van der Waals surface area contributed by atoms with Crippen molar-refractivity contribution in [1.82, 2.24) is 0 Å². The van der Waals surface area contributed by atoms with E-state index in [2.05, 4.69) is 0 Å². The van der Waals surface area contributed by atoms with E-state index in [9.17, 15) is 9.90 Å². The Kier molecular flexibility index (Phi) is 3.52. The molecule has 1 atom stereocenters. The fourth-order valence-electron chi connectivity index (χ4n) is 1.16. The van der Waals surface area contributed by atoms with Crippen molar-refractivity contribution in [3.8, 4) is 0 Å². The SMILES string of the molecule is CCC(CC(=O)[O-])[N+](C)(C)C. The van der Waals surface area contributed by atoms with Crippen LogP contribution in [0.2, 0.25) is 0 Å². The number of nitrogens with zero attached hydrogens (tertiary/aromatic N) is 1. The van der Waals surface area contributed by atoms with Gasteiger partial charge in [0.1, 0.15) is 0 Å². The van der Waals surface area contributed by atoms with E-state index >= 15 is 0 Å². The van der Waals surface area contributed by atoms with Crippen molar-refractivity contribution in [1.29, 1.82) is 0 Å². The third-order valence-corrected chi connectivity index (χ3v) is 1.97. The van der Waals surface area contributed by atoms with Crippen LogP contribution in [0.5, 0.6) is 0 Å². The lowest BCUT2D eigenvalue weighted by atomic mass is 10.1. The van der Waals surface area contributed by atoms with Crippen molar-refractivity contribution >= 4 is 5.97 Å². The number of aliphatic carboxylic acids is 1. The van der Waals surface area contributed by atoms with Crippen LogP contribution < -0.4 is 5.11 Å². The average molecular weight is 159 g/mol. The molecule has 0 aliphatic rings. The Hall–Kier alpha value is -0.570. The van der Waals surface area contributed by atoms with Gasteiger partial charge in [0.25, 0.3) is 0 Å². The van der Waals surface area contributed by atoms with Crippen molar-refractivity contribution in [2.45, 2.75) is 25.8 Å². The molecule has 0 spiro atoms. The Morgan fingerprint density at radius 3 is 2.00 bits per heavy atom. The van der Waals surface area contributed by atoms with Gasteiger partial charge in [-0.05, 0) is 6.42 Å². The van der Waals surface area contributed by atoms with E-state index in [4.69, 9.17) is 0 Å². The summed E-state index contributed by atoms with van der Waals surface area (Å²) in [7, 11) is 5.99. The second kappa shape index (κ2) is 3.72. The first-order valence-corrected chi connectivity index (χ1v) is 3.89. The molecule has 0 aliphatic heterocycles. The molecule has 0 amide bonds. The molecular weight excluding hydrogens is 142 g/mol. The van der Waals surface area contributed by atoms with Crippen molar-refractivity contribution in [2.24, 2.45) is 0 Å². The van der Waals surface area contributed by atoms with Crippen LogP contribution in [0, 0.1) is 0 Å². The number of carboxylic acid groups (broad SMARTS) is 1. The van der Waals surface area contributed by atoms with Gasteiger partial charge < -0.3 is 14.4 Å². The number of hydrogen-bond acceptors (Lipinski definition) is 2. The smallest absolute Gasteiger partial charge is 0.0934 e. The Labute approximate surface area is 68.2 Å². The molecule has 3 nitrogen and oxygen atoms in total. The molecular formula is C8H17NO2. The second-order valence-electron chi connectivity index (χ2n) is 3.75. The first kappa shape index (κ1) is 10.4. The molecule has 0 rings (SSSR count). The van der Waals surface area contributed by atoms with E-state index in [1.54, 1.807) is 0 Å². The lowest BCUT2D eigenvalue weighted by molar-refractivity contribution is -0.895. The first-order chi connectivity index (χ1) is 4.88. The molecule has 0 fully saturated rings. The summed E-state index contributed by atoms with van der Waals surface area (Å²) in [6.07, 6.45) is 1.03. The van der Waals surface area contributed by atoms with Gasteiger partial charge in [0.2, 0.25) is 0 Å². The summed E-state index contributed by atoms with van der Waals surface area (Å²) in [5.74, 6) is -0.954. The third-order valence-electron chi connectivity index (χ3n) is 1.97. The minimum atomic E-state index is -0.954. The Bertz CT molecular complexity index is 138. The zero-order valence-corrected chi connectivity index (χ0v) is 7.76. The number of carbonyl (C=O) groups is 1. The Morgan fingerprint density at radius 1 is 1.45 bits per heavy atom. The molecule has 1 unspecified atom stereocenters. The Morgan fingerprint density at radius 2 is 1.91 bits per heavy atom. The lowest BCUT2D eigenvalue weighted by Crippen LogP contribution is -2.47. The minimum absolute atomic E-state index is 0.153. The second-order valence-corrected chi connectivity index (χ2v) is 3.75. The highest BCUT2D eigenvalue weighted by molar-refractivity contribution is 5.64. The first-order valence-electron chi connectivity index (χ1n) is 3.89. The van der Waals surface area contributed by atoms with Gasteiger partial charge in [-0.3, -0.25) is 0 Å². The maximum atomic E-state index is 10.3. The molecule has 66 valence electrons. The fourth-order valence-corrected chi connectivity index (χ4v) is 1.16. The monoisotopic (exact) mass is 159 g/mol. The molecule has 11 heavy (non-hydrogen) atoms. The molecule has 0 aromatic heterocycles. The van der Waals surface area contributed by atoms with Crippen LogP contribution in [-0.4, -0.2) is 37.6 Å². The number of rotatable bonds is 4. The number of hydrogen-bond donors (Lipinski definition) is 0. The van der Waals surface area contributed by atoms with Crippen molar-refractivity contribution in [2.75, 3.05) is 21.1 Å². The van der Waals surface area contributed by atoms with Gasteiger partial charge in [-0.25, -0.2) is 0 Å². The number of carbonyl (C=O) groups excluding carboxylic acids is 1. The minimum Gasteiger partial charge on any atom is -0.550 e. The van der Waals surface area contributed by atoms with Crippen LogP contribution in [0.4, 0.5) is 0 Å². The summed E-state index contributed by atoms with van der Waals surface area (Å²) in [5, 5.41) is 10.3. The molecule has 0 bridgehead atoms. The summed E-state index contributed by atoms with van der Waals surface area (Å²) < 4.78 is 0.685. The normalized spacial score (nSPS) is 14.5. The standard InChI is InChI=1S/C8H17NO2/c1-5-7(6-8(10)11)9(2,3)4/h7H,5-6H2,1-4H3. The van der Waals surface area contributed by atoms with E-state index in [-0.39, 0.29) is 12.5 Å². The van der Waals surface area contributed by atoms with E-state index in [0.717, 1.165) is 6.42 Å². The average Bonchev–Trinajstić information content (AvgIpc) is 1.79. The molecule has 0 heterocycles. The van der Waals surface area contributed by atoms with Gasteiger partial charge in [-0.15, -0.1) is 0 Å². The number of quaternary nitrogens is 1. The summed E-state index contributed by atoms with van der Waals surface area (Å²) in [6.45, 7) is 2.00. The van der Waals surface area contributed by atoms with Crippen LogP contribution in [0.25, 0.3) is 0 Å². The fraction of sp³-hybridized carbons (Fsp3) is 0.875. The number of carboxylic acids is 1. The largest absolute Gasteiger partial charge is 0.550 e. The molecule has 0 N–H and O–H groups in total. The van der Waals surface area contributed by atoms with Gasteiger partial charge in [-0.2, -0.15) is 0 Å². The molecule has 3 heteroatoms. The molecule has 0 aromatic carbocycles. The van der Waals surface area contributed by atoms with Crippen molar-refractivity contribution < 1.29 is 14.4 Å². The predicted molar refractivity (Wildman–Crippen MR) is 41.7 cm³/mol. The molecule has 0 radical (unpaired) electrons. The van der Waals surface area contributed by atoms with Gasteiger partial charge in [-0.1, -0.05) is 6.92 Å². The summed E-state index contributed by atoms with van der Waals surface area (Å²) in [4.78, 5) is 10.3. The molecule has 0 aliphatic carbocycles. The molecule has 0 aromatic rings. The van der Waals surface area contributed by atoms with E-state index in [0.29, 0.717) is 4.48 Å². The zero-order valence-electron chi connectivity index (χ0n) is 7.76. The van der Waals surface area contributed by atoms with Crippen LogP contribution in [0.15, 0.2) is 0 Å².